The van der Waals surface area contributed by atoms with Crippen LogP contribution in [-0.2, 0) is 0 Å². The van der Waals surface area contributed by atoms with Crippen molar-refractivity contribution < 1.29 is 13.2 Å². The fourth-order valence-electron chi connectivity index (χ4n) is 0.632. The topological polar surface area (TPSA) is 39.2 Å². The lowest BCUT2D eigenvalue weighted by Gasteiger charge is -2.05. The van der Waals surface area contributed by atoms with Crippen LogP contribution in [0.3, 0.4) is 0 Å². The van der Waals surface area contributed by atoms with Crippen molar-refractivity contribution in [3.05, 3.63) is 22.6 Å². The summed E-state index contributed by atoms with van der Waals surface area (Å²) in [5, 5.41) is 0. The smallest absolute Gasteiger partial charge is 0.260 e. The van der Waals surface area contributed by atoms with E-state index in [9.17, 15) is 8.78 Å². The molecule has 0 saturated heterocycles. The number of hydrogen-bond donors (Lipinski definition) is 1. The van der Waals surface area contributed by atoms with Gasteiger partial charge in [0.2, 0.25) is 0 Å². The van der Waals surface area contributed by atoms with Crippen molar-refractivity contribution in [1.29, 1.82) is 0 Å². The van der Waals surface area contributed by atoms with Gasteiger partial charge >= 0.3 is 0 Å². The number of hydrogen-bond acceptors (Lipinski definition) is 2. The fraction of sp³-hybridized carbons (Fsp3) is 0.333. The molecule has 1 aromatic rings. The van der Waals surface area contributed by atoms with Gasteiger partial charge in [-0.15, -0.1) is 0 Å². The normalized spacial score (nSPS) is 13.9. The maximum absolute atomic E-state index is 11.9. The molecule has 0 fully saturated rings. The number of rotatable bonds is 2. The Hall–Kier alpha value is -0.420. The van der Waals surface area contributed by atoms with Crippen molar-refractivity contribution in [1.82, 2.24) is 0 Å². The molecule has 62 valence electrons. The van der Waals surface area contributed by atoms with Crippen LogP contribution in [0.15, 0.2) is 21.2 Å². The predicted octanol–water partition coefficient (Wildman–Crippen LogP) is 2.31. The van der Waals surface area contributed by atoms with Crippen LogP contribution in [0.2, 0.25) is 0 Å². The van der Waals surface area contributed by atoms with Gasteiger partial charge in [0.15, 0.2) is 4.67 Å². The highest BCUT2D eigenvalue weighted by molar-refractivity contribution is 9.10. The van der Waals surface area contributed by atoms with Gasteiger partial charge in [-0.1, -0.05) is 0 Å². The van der Waals surface area contributed by atoms with Crippen LogP contribution in [0.25, 0.3) is 0 Å². The Morgan fingerprint density at radius 2 is 2.09 bits per heavy atom. The Balaban J connectivity index is 2.76. The zero-order valence-electron chi connectivity index (χ0n) is 5.43. The first-order valence-corrected chi connectivity index (χ1v) is 3.69. The summed E-state index contributed by atoms with van der Waals surface area (Å²) in [4.78, 5) is 0. The number of furan rings is 1. The average molecular weight is 226 g/mol. The number of nitrogens with two attached hydrogens (primary N) is 1. The second kappa shape index (κ2) is 3.32. The van der Waals surface area contributed by atoms with Crippen molar-refractivity contribution in [2.75, 3.05) is 0 Å². The quantitative estimate of drug-likeness (QED) is 0.840. The molecule has 0 aliphatic carbocycles. The van der Waals surface area contributed by atoms with E-state index in [2.05, 4.69) is 15.9 Å². The van der Waals surface area contributed by atoms with Gasteiger partial charge in [-0.25, -0.2) is 8.78 Å². The van der Waals surface area contributed by atoms with Crippen molar-refractivity contribution >= 4 is 15.9 Å². The Morgan fingerprint density at radius 1 is 1.45 bits per heavy atom. The van der Waals surface area contributed by atoms with Gasteiger partial charge in [0.05, 0.1) is 0 Å². The third kappa shape index (κ3) is 2.00. The highest BCUT2D eigenvalue weighted by Gasteiger charge is 2.20. The van der Waals surface area contributed by atoms with Crippen LogP contribution in [0, 0.1) is 0 Å². The van der Waals surface area contributed by atoms with E-state index < -0.39 is 12.5 Å². The molecule has 2 nitrogen and oxygen atoms in total. The zero-order valence-corrected chi connectivity index (χ0v) is 7.01. The van der Waals surface area contributed by atoms with Gasteiger partial charge in [-0.2, -0.15) is 0 Å². The van der Waals surface area contributed by atoms with Crippen LogP contribution in [0.1, 0.15) is 11.8 Å². The summed E-state index contributed by atoms with van der Waals surface area (Å²) < 4.78 is 29.1. The number of alkyl halides is 2. The highest BCUT2D eigenvalue weighted by Crippen LogP contribution is 2.22. The summed E-state index contributed by atoms with van der Waals surface area (Å²) in [7, 11) is 0. The molecule has 2 N–H and O–H groups in total. The van der Waals surface area contributed by atoms with Gasteiger partial charge in [0.25, 0.3) is 6.43 Å². The molecule has 0 bridgehead atoms. The van der Waals surface area contributed by atoms with E-state index in [1.54, 1.807) is 0 Å². The maximum atomic E-state index is 11.9. The molecule has 0 saturated carbocycles. The predicted molar refractivity (Wildman–Crippen MR) is 39.3 cm³/mol. The molecule has 0 radical (unpaired) electrons. The Morgan fingerprint density at radius 3 is 2.45 bits per heavy atom. The van der Waals surface area contributed by atoms with E-state index in [1.165, 1.54) is 12.1 Å². The van der Waals surface area contributed by atoms with Crippen molar-refractivity contribution in [3.8, 4) is 0 Å². The minimum absolute atomic E-state index is 0.0897. The third-order valence-corrected chi connectivity index (χ3v) is 1.62. The first-order valence-electron chi connectivity index (χ1n) is 2.90. The molecular weight excluding hydrogens is 220 g/mol. The summed E-state index contributed by atoms with van der Waals surface area (Å²) in [5.41, 5.74) is 5.09. The Bertz CT molecular complexity index is 238. The summed E-state index contributed by atoms with van der Waals surface area (Å²) in [6.45, 7) is 0. The molecule has 1 heterocycles. The molecule has 0 aliphatic rings. The molecule has 0 aromatic carbocycles. The number of halogens is 3. The van der Waals surface area contributed by atoms with E-state index in [1.807, 2.05) is 0 Å². The molecule has 1 rings (SSSR count). The standard InChI is InChI=1S/C6H6BrF2NO/c7-4-2-1-3(11-4)5(10)6(8)9/h1-2,5-6H,10H2. The first kappa shape index (κ1) is 8.67. The third-order valence-electron chi connectivity index (χ3n) is 1.19. The van der Waals surface area contributed by atoms with Gasteiger partial charge in [-0.05, 0) is 28.1 Å². The Kier molecular flexibility index (Phi) is 2.62. The molecular formula is C6H6BrF2NO. The Labute approximate surface area is 70.5 Å². The summed E-state index contributed by atoms with van der Waals surface area (Å²) in [5.74, 6) is 0.0897. The van der Waals surface area contributed by atoms with Gasteiger partial charge in [0.1, 0.15) is 11.8 Å². The summed E-state index contributed by atoms with van der Waals surface area (Å²) in [6.07, 6.45) is -2.59. The van der Waals surface area contributed by atoms with Gasteiger partial charge in [0, 0.05) is 0 Å². The lowest BCUT2D eigenvalue weighted by molar-refractivity contribution is 0.106. The van der Waals surface area contributed by atoms with E-state index in [4.69, 9.17) is 10.2 Å². The van der Waals surface area contributed by atoms with Crippen LogP contribution in [0.5, 0.6) is 0 Å². The van der Waals surface area contributed by atoms with E-state index in [0.29, 0.717) is 4.67 Å². The molecule has 1 unspecified atom stereocenters. The van der Waals surface area contributed by atoms with Gasteiger partial charge < -0.3 is 10.2 Å². The molecule has 0 amide bonds. The molecule has 1 atom stereocenters. The summed E-state index contributed by atoms with van der Waals surface area (Å²) >= 11 is 2.98. The molecule has 1 aromatic heterocycles. The van der Waals surface area contributed by atoms with Crippen molar-refractivity contribution in [2.24, 2.45) is 5.73 Å². The minimum Gasteiger partial charge on any atom is -0.452 e. The van der Waals surface area contributed by atoms with Crippen molar-refractivity contribution in [3.63, 3.8) is 0 Å². The van der Waals surface area contributed by atoms with Crippen LogP contribution in [0.4, 0.5) is 8.78 Å². The first-order chi connectivity index (χ1) is 5.11. The van der Waals surface area contributed by atoms with E-state index >= 15 is 0 Å². The molecule has 5 heteroatoms. The summed E-state index contributed by atoms with van der Waals surface area (Å²) in [6, 6.07) is 1.61. The van der Waals surface area contributed by atoms with E-state index in [-0.39, 0.29) is 5.76 Å². The fourth-order valence-corrected chi connectivity index (χ4v) is 0.951. The molecule has 11 heavy (non-hydrogen) atoms. The maximum Gasteiger partial charge on any atom is 0.260 e. The van der Waals surface area contributed by atoms with E-state index in [0.717, 1.165) is 0 Å². The molecule has 0 aliphatic heterocycles. The second-order valence-corrected chi connectivity index (χ2v) is 2.78. The monoisotopic (exact) mass is 225 g/mol. The highest BCUT2D eigenvalue weighted by atomic mass is 79.9. The SMILES string of the molecule is NC(c1ccc(Br)o1)C(F)F. The minimum atomic E-state index is -2.59. The van der Waals surface area contributed by atoms with Crippen molar-refractivity contribution in [2.45, 2.75) is 12.5 Å². The van der Waals surface area contributed by atoms with Crippen LogP contribution < -0.4 is 5.73 Å². The lowest BCUT2D eigenvalue weighted by atomic mass is 10.2. The lowest BCUT2D eigenvalue weighted by Crippen LogP contribution is -2.17. The largest absolute Gasteiger partial charge is 0.452 e. The van der Waals surface area contributed by atoms with Gasteiger partial charge in [-0.3, -0.25) is 0 Å². The van der Waals surface area contributed by atoms with Crippen LogP contribution >= 0.6 is 15.9 Å². The molecule has 0 spiro atoms. The zero-order chi connectivity index (χ0) is 8.43. The van der Waals surface area contributed by atoms with Crippen LogP contribution in [-0.4, -0.2) is 6.43 Å². The average Bonchev–Trinajstić information content (AvgIpc) is 2.34. The second-order valence-electron chi connectivity index (χ2n) is 2.00.